The van der Waals surface area contributed by atoms with Gasteiger partial charge in [0.1, 0.15) is 0 Å². The van der Waals surface area contributed by atoms with Crippen molar-refractivity contribution in [2.75, 3.05) is 51.1 Å². The number of piperazine rings is 1. The van der Waals surface area contributed by atoms with Gasteiger partial charge in [0, 0.05) is 51.0 Å². The second-order valence-corrected chi connectivity index (χ2v) is 7.55. The SMILES string of the molecule is C[C@@H](C(=O)Nc1ccc(F)c(F)c1)N1CCN(CC(=O)N2CCCCC2)CC1. The lowest BCUT2D eigenvalue weighted by Gasteiger charge is -2.38. The van der Waals surface area contributed by atoms with Crippen LogP contribution in [0.3, 0.4) is 0 Å². The van der Waals surface area contributed by atoms with Gasteiger partial charge in [-0.3, -0.25) is 19.4 Å². The van der Waals surface area contributed by atoms with Gasteiger partial charge in [-0.2, -0.15) is 0 Å². The van der Waals surface area contributed by atoms with E-state index in [0.717, 1.165) is 51.2 Å². The molecule has 2 heterocycles. The molecule has 0 bridgehead atoms. The maximum Gasteiger partial charge on any atom is 0.241 e. The minimum Gasteiger partial charge on any atom is -0.342 e. The fraction of sp³-hybridized carbons (Fsp3) is 0.600. The van der Waals surface area contributed by atoms with E-state index >= 15 is 0 Å². The Balaban J connectivity index is 1.44. The molecule has 154 valence electrons. The lowest BCUT2D eigenvalue weighted by atomic mass is 10.1. The number of hydrogen-bond acceptors (Lipinski definition) is 4. The first-order chi connectivity index (χ1) is 13.4. The van der Waals surface area contributed by atoms with Gasteiger partial charge in [-0.25, -0.2) is 8.78 Å². The molecule has 1 aromatic rings. The minimum atomic E-state index is -0.988. The molecule has 1 N–H and O–H groups in total. The van der Waals surface area contributed by atoms with Gasteiger partial charge in [-0.15, -0.1) is 0 Å². The number of rotatable bonds is 5. The highest BCUT2D eigenvalue weighted by Crippen LogP contribution is 2.15. The van der Waals surface area contributed by atoms with Crippen LogP contribution in [0.15, 0.2) is 18.2 Å². The van der Waals surface area contributed by atoms with Gasteiger partial charge in [0.25, 0.3) is 0 Å². The van der Waals surface area contributed by atoms with Gasteiger partial charge in [0.2, 0.25) is 11.8 Å². The van der Waals surface area contributed by atoms with Crippen molar-refractivity contribution in [2.45, 2.75) is 32.2 Å². The summed E-state index contributed by atoms with van der Waals surface area (Å²) in [6, 6.07) is 2.92. The number of likely N-dealkylation sites (tertiary alicyclic amines) is 1. The molecular weight excluding hydrogens is 366 g/mol. The summed E-state index contributed by atoms with van der Waals surface area (Å²) >= 11 is 0. The van der Waals surface area contributed by atoms with Crippen LogP contribution in [0.4, 0.5) is 14.5 Å². The van der Waals surface area contributed by atoms with E-state index in [0.29, 0.717) is 19.6 Å². The second-order valence-electron chi connectivity index (χ2n) is 7.55. The molecule has 0 saturated carbocycles. The highest BCUT2D eigenvalue weighted by molar-refractivity contribution is 5.94. The number of benzene rings is 1. The Morgan fingerprint density at radius 3 is 2.32 bits per heavy atom. The van der Waals surface area contributed by atoms with Crippen molar-refractivity contribution in [3.63, 3.8) is 0 Å². The molecule has 0 unspecified atom stereocenters. The van der Waals surface area contributed by atoms with E-state index in [1.54, 1.807) is 6.92 Å². The summed E-state index contributed by atoms with van der Waals surface area (Å²) in [6.07, 6.45) is 3.38. The van der Waals surface area contributed by atoms with Crippen molar-refractivity contribution >= 4 is 17.5 Å². The number of hydrogen-bond donors (Lipinski definition) is 1. The molecule has 2 fully saturated rings. The molecule has 2 aliphatic heterocycles. The van der Waals surface area contributed by atoms with E-state index < -0.39 is 17.7 Å². The predicted molar refractivity (Wildman–Crippen MR) is 103 cm³/mol. The monoisotopic (exact) mass is 394 g/mol. The molecule has 2 aliphatic rings. The van der Waals surface area contributed by atoms with Gasteiger partial charge in [0.05, 0.1) is 12.6 Å². The van der Waals surface area contributed by atoms with Gasteiger partial charge in [-0.05, 0) is 38.3 Å². The Labute approximate surface area is 164 Å². The van der Waals surface area contributed by atoms with Crippen molar-refractivity contribution in [1.29, 1.82) is 0 Å². The number of nitrogens with zero attached hydrogens (tertiary/aromatic N) is 3. The molecule has 6 nitrogen and oxygen atoms in total. The molecule has 3 rings (SSSR count). The number of carbonyl (C=O) groups excluding carboxylic acids is 2. The Morgan fingerprint density at radius 1 is 1.00 bits per heavy atom. The zero-order chi connectivity index (χ0) is 20.1. The topological polar surface area (TPSA) is 55.9 Å². The van der Waals surface area contributed by atoms with E-state index in [1.807, 2.05) is 9.80 Å². The van der Waals surface area contributed by atoms with Crippen molar-refractivity contribution in [1.82, 2.24) is 14.7 Å². The Hall–Kier alpha value is -2.06. The van der Waals surface area contributed by atoms with E-state index in [2.05, 4.69) is 10.2 Å². The lowest BCUT2D eigenvalue weighted by Crippen LogP contribution is -2.54. The maximum atomic E-state index is 13.3. The zero-order valence-electron chi connectivity index (χ0n) is 16.3. The van der Waals surface area contributed by atoms with E-state index in [4.69, 9.17) is 0 Å². The molecule has 0 aromatic heterocycles. The number of piperidine rings is 1. The van der Waals surface area contributed by atoms with Crippen molar-refractivity contribution in [3.05, 3.63) is 29.8 Å². The summed E-state index contributed by atoms with van der Waals surface area (Å²) in [5.41, 5.74) is 0.238. The van der Waals surface area contributed by atoms with Crippen molar-refractivity contribution in [3.8, 4) is 0 Å². The van der Waals surface area contributed by atoms with Gasteiger partial charge in [0.15, 0.2) is 11.6 Å². The lowest BCUT2D eigenvalue weighted by molar-refractivity contribution is -0.134. The fourth-order valence-corrected chi connectivity index (χ4v) is 3.73. The highest BCUT2D eigenvalue weighted by Gasteiger charge is 2.27. The predicted octanol–water partition coefficient (Wildman–Crippen LogP) is 1.92. The number of amides is 2. The zero-order valence-corrected chi connectivity index (χ0v) is 16.3. The van der Waals surface area contributed by atoms with Gasteiger partial charge in [-0.1, -0.05) is 0 Å². The third-order valence-electron chi connectivity index (χ3n) is 5.59. The molecule has 0 aliphatic carbocycles. The van der Waals surface area contributed by atoms with Crippen molar-refractivity contribution in [2.24, 2.45) is 0 Å². The molecule has 1 atom stereocenters. The summed E-state index contributed by atoms with van der Waals surface area (Å²) in [7, 11) is 0. The molecule has 28 heavy (non-hydrogen) atoms. The van der Waals surface area contributed by atoms with E-state index in [1.165, 1.54) is 12.5 Å². The van der Waals surface area contributed by atoms with Crippen LogP contribution < -0.4 is 5.32 Å². The maximum absolute atomic E-state index is 13.3. The quantitative estimate of drug-likeness (QED) is 0.829. The average Bonchev–Trinajstić information content (AvgIpc) is 2.71. The summed E-state index contributed by atoms with van der Waals surface area (Å²) < 4.78 is 26.3. The van der Waals surface area contributed by atoms with Crippen LogP contribution in [0.1, 0.15) is 26.2 Å². The Bertz CT molecular complexity index is 701. The highest BCUT2D eigenvalue weighted by atomic mass is 19.2. The van der Waals surface area contributed by atoms with Crippen LogP contribution in [-0.4, -0.2) is 78.4 Å². The minimum absolute atomic E-state index is 0.192. The summed E-state index contributed by atoms with van der Waals surface area (Å²) in [4.78, 5) is 30.9. The molecule has 2 saturated heterocycles. The summed E-state index contributed by atoms with van der Waals surface area (Å²) in [5, 5.41) is 2.63. The number of halogens is 2. The van der Waals surface area contributed by atoms with Crippen molar-refractivity contribution < 1.29 is 18.4 Å². The largest absolute Gasteiger partial charge is 0.342 e. The normalized spacial score (nSPS) is 20.0. The first-order valence-corrected chi connectivity index (χ1v) is 9.94. The van der Waals surface area contributed by atoms with Crippen LogP contribution in [0, 0.1) is 11.6 Å². The Kier molecular flexibility index (Phi) is 6.96. The Morgan fingerprint density at radius 2 is 1.68 bits per heavy atom. The molecule has 8 heteroatoms. The number of carbonyl (C=O) groups is 2. The fourth-order valence-electron chi connectivity index (χ4n) is 3.73. The third-order valence-corrected chi connectivity index (χ3v) is 5.59. The molecule has 0 spiro atoms. The number of anilines is 1. The molecule has 0 radical (unpaired) electrons. The first kappa shape index (κ1) is 20.7. The number of nitrogens with one attached hydrogen (secondary N) is 1. The molecular formula is C20H28F2N4O2. The van der Waals surface area contributed by atoms with Crippen LogP contribution in [0.25, 0.3) is 0 Å². The van der Waals surface area contributed by atoms with E-state index in [9.17, 15) is 18.4 Å². The van der Waals surface area contributed by atoms with E-state index in [-0.39, 0.29) is 17.5 Å². The molecule has 1 aromatic carbocycles. The second kappa shape index (κ2) is 9.43. The third kappa shape index (κ3) is 5.26. The van der Waals surface area contributed by atoms with Crippen LogP contribution in [0.5, 0.6) is 0 Å². The standard InChI is InChI=1S/C20H28F2N4O2/c1-15(20(28)23-16-5-6-17(21)18(22)13-16)25-11-9-24(10-12-25)14-19(27)26-7-3-2-4-8-26/h5-6,13,15H,2-4,7-12,14H2,1H3,(H,23,28)/t15-/m0/s1. The van der Waals surface area contributed by atoms with Gasteiger partial charge < -0.3 is 10.2 Å². The van der Waals surface area contributed by atoms with Gasteiger partial charge >= 0.3 is 0 Å². The summed E-state index contributed by atoms with van der Waals surface area (Å²) in [6.45, 7) is 6.76. The summed E-state index contributed by atoms with van der Waals surface area (Å²) in [5.74, 6) is -2.00. The smallest absolute Gasteiger partial charge is 0.241 e. The van der Waals surface area contributed by atoms with Crippen LogP contribution >= 0.6 is 0 Å². The van der Waals surface area contributed by atoms with Crippen LogP contribution in [-0.2, 0) is 9.59 Å². The molecule has 2 amide bonds. The average molecular weight is 394 g/mol. The van der Waals surface area contributed by atoms with Crippen LogP contribution in [0.2, 0.25) is 0 Å². The first-order valence-electron chi connectivity index (χ1n) is 9.94.